The third kappa shape index (κ3) is 5.04. The standard InChI is InChI=1S/C28H34N2O5/c1-3-18(2)24(25(31)32)30-26(33)28(14-8-9-15-28)17-29-27(34)35-16-23-21-12-6-4-10-19(21)20-11-5-7-13-22(20)23/h4-7,10-13,18,23-24H,3,8-9,14-17H2,1-2H3,(H,29,34)(H,30,33)(H,31,32)/t18-,24-/m0/s1. The van der Waals surface area contributed by atoms with Gasteiger partial charge in [-0.25, -0.2) is 9.59 Å². The highest BCUT2D eigenvalue weighted by Gasteiger charge is 2.43. The molecule has 186 valence electrons. The Hall–Kier alpha value is -3.35. The van der Waals surface area contributed by atoms with Gasteiger partial charge in [0.2, 0.25) is 5.91 Å². The van der Waals surface area contributed by atoms with E-state index in [2.05, 4.69) is 34.9 Å². The second kappa shape index (κ2) is 10.5. The van der Waals surface area contributed by atoms with Gasteiger partial charge >= 0.3 is 12.1 Å². The smallest absolute Gasteiger partial charge is 0.407 e. The Kier molecular flexibility index (Phi) is 7.43. The lowest BCUT2D eigenvalue weighted by Gasteiger charge is -2.31. The van der Waals surface area contributed by atoms with Gasteiger partial charge in [-0.15, -0.1) is 0 Å². The molecule has 0 aliphatic heterocycles. The fourth-order valence-electron chi connectivity index (χ4n) is 5.40. The van der Waals surface area contributed by atoms with Crippen LogP contribution >= 0.6 is 0 Å². The van der Waals surface area contributed by atoms with E-state index in [1.807, 2.05) is 38.1 Å². The third-order valence-electron chi connectivity index (χ3n) is 7.72. The molecule has 2 aromatic rings. The first-order valence-electron chi connectivity index (χ1n) is 12.5. The predicted molar refractivity (Wildman–Crippen MR) is 133 cm³/mol. The molecule has 0 radical (unpaired) electrons. The van der Waals surface area contributed by atoms with Gasteiger partial charge in [-0.2, -0.15) is 0 Å². The molecule has 3 N–H and O–H groups in total. The second-order valence-corrected chi connectivity index (χ2v) is 9.84. The zero-order chi connectivity index (χ0) is 25.0. The van der Waals surface area contributed by atoms with Crippen LogP contribution in [-0.2, 0) is 14.3 Å². The normalized spacial score (nSPS) is 17.7. The average molecular weight is 479 g/mol. The van der Waals surface area contributed by atoms with Crippen LogP contribution in [-0.4, -0.2) is 42.3 Å². The maximum absolute atomic E-state index is 13.2. The Labute approximate surface area is 206 Å². The van der Waals surface area contributed by atoms with Gasteiger partial charge in [-0.1, -0.05) is 81.6 Å². The molecule has 0 bridgehead atoms. The second-order valence-electron chi connectivity index (χ2n) is 9.84. The molecule has 1 fully saturated rings. The monoisotopic (exact) mass is 478 g/mol. The summed E-state index contributed by atoms with van der Waals surface area (Å²) in [6.45, 7) is 4.04. The zero-order valence-electron chi connectivity index (χ0n) is 20.4. The van der Waals surface area contributed by atoms with E-state index in [1.165, 1.54) is 0 Å². The Morgan fingerprint density at radius 3 is 2.14 bits per heavy atom. The largest absolute Gasteiger partial charge is 0.480 e. The van der Waals surface area contributed by atoms with Crippen LogP contribution in [0.2, 0.25) is 0 Å². The summed E-state index contributed by atoms with van der Waals surface area (Å²) < 4.78 is 5.62. The van der Waals surface area contributed by atoms with Crippen LogP contribution in [0.5, 0.6) is 0 Å². The van der Waals surface area contributed by atoms with Gasteiger partial charge in [0, 0.05) is 12.5 Å². The molecule has 0 heterocycles. The summed E-state index contributed by atoms with van der Waals surface area (Å²) in [5.41, 5.74) is 3.78. The number of hydrogen-bond donors (Lipinski definition) is 3. The summed E-state index contributed by atoms with van der Waals surface area (Å²) in [4.78, 5) is 37.6. The number of rotatable bonds is 9. The van der Waals surface area contributed by atoms with E-state index in [0.29, 0.717) is 19.3 Å². The topological polar surface area (TPSA) is 105 Å². The number of fused-ring (bicyclic) bond motifs is 3. The number of ether oxygens (including phenoxy) is 1. The maximum Gasteiger partial charge on any atom is 0.407 e. The molecular weight excluding hydrogens is 444 g/mol. The molecule has 7 nitrogen and oxygen atoms in total. The number of nitrogens with one attached hydrogen (secondary N) is 2. The van der Waals surface area contributed by atoms with Gasteiger partial charge in [0.1, 0.15) is 12.6 Å². The quantitative estimate of drug-likeness (QED) is 0.485. The Bertz CT molecular complexity index is 1050. The maximum atomic E-state index is 13.2. The van der Waals surface area contributed by atoms with Gasteiger partial charge in [0.15, 0.2) is 0 Å². The minimum absolute atomic E-state index is 0.0382. The Balaban J connectivity index is 1.38. The summed E-state index contributed by atoms with van der Waals surface area (Å²) in [6, 6.07) is 15.3. The summed E-state index contributed by atoms with van der Waals surface area (Å²) in [7, 11) is 0. The van der Waals surface area contributed by atoms with Crippen molar-refractivity contribution < 1.29 is 24.2 Å². The summed E-state index contributed by atoms with van der Waals surface area (Å²) in [5.74, 6) is -1.57. The lowest BCUT2D eigenvalue weighted by molar-refractivity contribution is -0.145. The van der Waals surface area contributed by atoms with E-state index < -0.39 is 23.5 Å². The number of benzene rings is 2. The Morgan fingerprint density at radius 2 is 1.60 bits per heavy atom. The van der Waals surface area contributed by atoms with E-state index in [-0.39, 0.29) is 30.9 Å². The number of carbonyl (C=O) groups excluding carboxylic acids is 2. The Morgan fingerprint density at radius 1 is 1.03 bits per heavy atom. The van der Waals surface area contributed by atoms with Crippen LogP contribution in [0.3, 0.4) is 0 Å². The minimum Gasteiger partial charge on any atom is -0.480 e. The van der Waals surface area contributed by atoms with Crippen molar-refractivity contribution in [1.82, 2.24) is 10.6 Å². The van der Waals surface area contributed by atoms with Crippen LogP contribution in [0, 0.1) is 11.3 Å². The molecule has 0 spiro atoms. The highest BCUT2D eigenvalue weighted by atomic mass is 16.5. The SMILES string of the molecule is CC[C@H](C)[C@H](NC(=O)C1(CNC(=O)OCC2c3ccccc3-c3ccccc32)CCCC1)C(=O)O. The molecule has 0 unspecified atom stereocenters. The van der Waals surface area contributed by atoms with Crippen molar-refractivity contribution in [2.45, 2.75) is 57.9 Å². The van der Waals surface area contributed by atoms with Gasteiger partial charge in [-0.05, 0) is 41.0 Å². The van der Waals surface area contributed by atoms with E-state index in [4.69, 9.17) is 4.74 Å². The summed E-state index contributed by atoms with van der Waals surface area (Å²) in [5, 5.41) is 15.1. The van der Waals surface area contributed by atoms with Crippen LogP contribution in [0.4, 0.5) is 4.79 Å². The van der Waals surface area contributed by atoms with Crippen molar-refractivity contribution in [3.8, 4) is 11.1 Å². The number of carboxylic acid groups (broad SMARTS) is 1. The molecule has 4 rings (SSSR count). The van der Waals surface area contributed by atoms with E-state index in [0.717, 1.165) is 35.1 Å². The van der Waals surface area contributed by atoms with E-state index in [9.17, 15) is 19.5 Å². The van der Waals surface area contributed by atoms with Crippen molar-refractivity contribution in [1.29, 1.82) is 0 Å². The lowest BCUT2D eigenvalue weighted by Crippen LogP contribution is -2.53. The number of amides is 2. The van der Waals surface area contributed by atoms with Crippen LogP contribution in [0.1, 0.15) is 63.0 Å². The lowest BCUT2D eigenvalue weighted by atomic mass is 9.84. The molecule has 2 aliphatic carbocycles. The highest BCUT2D eigenvalue weighted by molar-refractivity contribution is 5.88. The minimum atomic E-state index is -1.04. The molecule has 1 saturated carbocycles. The molecule has 2 atom stereocenters. The van der Waals surface area contributed by atoms with Gasteiger partial charge < -0.3 is 20.5 Å². The van der Waals surface area contributed by atoms with Gasteiger partial charge in [-0.3, -0.25) is 4.79 Å². The molecular formula is C28H34N2O5. The van der Waals surface area contributed by atoms with Crippen molar-refractivity contribution in [2.24, 2.45) is 11.3 Å². The molecule has 7 heteroatoms. The van der Waals surface area contributed by atoms with Crippen LogP contribution in [0.25, 0.3) is 11.1 Å². The zero-order valence-corrected chi connectivity index (χ0v) is 20.4. The fraction of sp³-hybridized carbons (Fsp3) is 0.464. The molecule has 35 heavy (non-hydrogen) atoms. The number of carbonyl (C=O) groups is 3. The molecule has 0 aromatic heterocycles. The first-order chi connectivity index (χ1) is 16.9. The van der Waals surface area contributed by atoms with Crippen LogP contribution in [0.15, 0.2) is 48.5 Å². The molecule has 2 amide bonds. The third-order valence-corrected chi connectivity index (χ3v) is 7.72. The number of hydrogen-bond acceptors (Lipinski definition) is 4. The first-order valence-corrected chi connectivity index (χ1v) is 12.5. The first kappa shape index (κ1) is 24.8. The average Bonchev–Trinajstić information content (AvgIpc) is 3.48. The predicted octanol–water partition coefficient (Wildman–Crippen LogP) is 4.70. The van der Waals surface area contributed by atoms with Crippen molar-refractivity contribution in [2.75, 3.05) is 13.2 Å². The van der Waals surface area contributed by atoms with E-state index >= 15 is 0 Å². The molecule has 2 aromatic carbocycles. The highest BCUT2D eigenvalue weighted by Crippen LogP contribution is 2.44. The number of alkyl carbamates (subject to hydrolysis) is 1. The summed E-state index contributed by atoms with van der Waals surface area (Å²) >= 11 is 0. The van der Waals surface area contributed by atoms with Crippen LogP contribution < -0.4 is 10.6 Å². The van der Waals surface area contributed by atoms with Gasteiger partial charge in [0.25, 0.3) is 0 Å². The molecule has 0 saturated heterocycles. The van der Waals surface area contributed by atoms with E-state index in [1.54, 1.807) is 0 Å². The number of aliphatic carboxylic acids is 1. The van der Waals surface area contributed by atoms with Gasteiger partial charge in [0.05, 0.1) is 5.41 Å². The van der Waals surface area contributed by atoms with Crippen molar-refractivity contribution >= 4 is 18.0 Å². The summed E-state index contributed by atoms with van der Waals surface area (Å²) in [6.07, 6.45) is 3.01. The van der Waals surface area contributed by atoms with Crippen molar-refractivity contribution in [3.05, 3.63) is 59.7 Å². The number of carboxylic acids is 1. The van der Waals surface area contributed by atoms with Crippen molar-refractivity contribution in [3.63, 3.8) is 0 Å². The fourth-order valence-corrected chi connectivity index (χ4v) is 5.40. The molecule has 2 aliphatic rings.